The summed E-state index contributed by atoms with van der Waals surface area (Å²) in [6.07, 6.45) is 0. The van der Waals surface area contributed by atoms with Crippen LogP contribution in [0.15, 0.2) is 53.4 Å². The molecule has 3 rings (SSSR count). The third-order valence-electron chi connectivity index (χ3n) is 4.90. The van der Waals surface area contributed by atoms with Gasteiger partial charge in [-0.15, -0.1) is 0 Å². The zero-order valence-electron chi connectivity index (χ0n) is 14.6. The molecule has 0 aliphatic heterocycles. The minimum Gasteiger partial charge on any atom is -0.380 e. The number of hydrogen-bond acceptors (Lipinski definition) is 4. The Morgan fingerprint density at radius 1 is 1.23 bits per heavy atom. The molecule has 3 atom stereocenters. The average molecular weight is 390 g/mol. The van der Waals surface area contributed by atoms with Crippen molar-refractivity contribution < 1.29 is 13.2 Å². The molecule has 0 saturated heterocycles. The number of sulfone groups is 1. The van der Waals surface area contributed by atoms with E-state index in [0.717, 1.165) is 11.1 Å². The normalized spacial score (nSPS) is 24.8. The van der Waals surface area contributed by atoms with Crippen molar-refractivity contribution in [1.29, 1.82) is 5.26 Å². The van der Waals surface area contributed by atoms with Gasteiger partial charge in [0.15, 0.2) is 9.84 Å². The van der Waals surface area contributed by atoms with Gasteiger partial charge in [-0.05, 0) is 43.7 Å². The van der Waals surface area contributed by atoms with E-state index >= 15 is 0 Å². The minimum atomic E-state index is -3.69. The van der Waals surface area contributed by atoms with Crippen molar-refractivity contribution in [2.75, 3.05) is 13.2 Å². The third-order valence-corrected chi connectivity index (χ3v) is 7.43. The van der Waals surface area contributed by atoms with Crippen LogP contribution < -0.4 is 0 Å². The van der Waals surface area contributed by atoms with Gasteiger partial charge in [-0.2, -0.15) is 5.26 Å². The van der Waals surface area contributed by atoms with Gasteiger partial charge in [0, 0.05) is 17.5 Å². The fourth-order valence-corrected chi connectivity index (χ4v) is 6.02. The Hall–Kier alpha value is -1.87. The van der Waals surface area contributed by atoms with Crippen LogP contribution in [-0.4, -0.2) is 26.9 Å². The topological polar surface area (TPSA) is 67.2 Å². The van der Waals surface area contributed by atoms with Gasteiger partial charge < -0.3 is 4.74 Å². The van der Waals surface area contributed by atoms with Crippen molar-refractivity contribution in [2.24, 2.45) is 5.41 Å². The number of nitrogens with zero attached hydrogens (tertiary/aromatic N) is 1. The van der Waals surface area contributed by atoms with Gasteiger partial charge in [-0.25, -0.2) is 8.42 Å². The lowest BCUT2D eigenvalue weighted by Gasteiger charge is -2.10. The molecular formula is C20H20ClNO3S. The second kappa shape index (κ2) is 7.03. The minimum absolute atomic E-state index is 0.0763. The highest BCUT2D eigenvalue weighted by atomic mass is 35.5. The van der Waals surface area contributed by atoms with E-state index in [-0.39, 0.29) is 11.5 Å². The molecule has 0 N–H and O–H groups in total. The van der Waals surface area contributed by atoms with Crippen LogP contribution in [0, 0.1) is 23.7 Å². The molecule has 0 unspecified atom stereocenters. The lowest BCUT2D eigenvalue weighted by molar-refractivity contribution is 0.117. The molecule has 0 heterocycles. The maximum absolute atomic E-state index is 13.3. The summed E-state index contributed by atoms with van der Waals surface area (Å²) in [7, 11) is -3.69. The summed E-state index contributed by atoms with van der Waals surface area (Å²) in [4.78, 5) is 0.230. The van der Waals surface area contributed by atoms with Gasteiger partial charge in [-0.3, -0.25) is 0 Å². The molecular weight excluding hydrogens is 370 g/mol. The molecule has 4 nitrogen and oxygen atoms in total. The number of benzene rings is 2. The number of hydrogen-bond donors (Lipinski definition) is 0. The highest BCUT2D eigenvalue weighted by molar-refractivity contribution is 7.92. The lowest BCUT2D eigenvalue weighted by atomic mass is 10.0. The predicted molar refractivity (Wildman–Crippen MR) is 101 cm³/mol. The van der Waals surface area contributed by atoms with Gasteiger partial charge in [0.2, 0.25) is 0 Å². The summed E-state index contributed by atoms with van der Waals surface area (Å²) in [5.74, 6) is -0.468. The first-order valence-corrected chi connectivity index (χ1v) is 10.3. The van der Waals surface area contributed by atoms with Crippen LogP contribution in [0.25, 0.3) is 0 Å². The zero-order valence-corrected chi connectivity index (χ0v) is 16.2. The predicted octanol–water partition coefficient (Wildman–Crippen LogP) is 4.13. The van der Waals surface area contributed by atoms with Crippen LogP contribution in [0.2, 0.25) is 5.02 Å². The zero-order chi connectivity index (χ0) is 18.9. The Labute approximate surface area is 159 Å². The summed E-state index contributed by atoms with van der Waals surface area (Å²) in [6, 6.07) is 16.0. The molecule has 1 saturated carbocycles. The maximum Gasteiger partial charge on any atom is 0.183 e. The number of ether oxygens (including phenoxy) is 1. The Kier molecular flexibility index (Phi) is 5.12. The van der Waals surface area contributed by atoms with Gasteiger partial charge in [0.1, 0.15) is 5.41 Å². The first-order chi connectivity index (χ1) is 12.4. The molecule has 136 valence electrons. The number of halogens is 1. The molecule has 0 bridgehead atoms. The largest absolute Gasteiger partial charge is 0.380 e. The van der Waals surface area contributed by atoms with Crippen LogP contribution in [0.3, 0.4) is 0 Å². The quantitative estimate of drug-likeness (QED) is 0.744. The van der Waals surface area contributed by atoms with Crippen molar-refractivity contribution in [1.82, 2.24) is 0 Å². The van der Waals surface area contributed by atoms with Gasteiger partial charge in [0.05, 0.1) is 22.8 Å². The van der Waals surface area contributed by atoms with Gasteiger partial charge in [0.25, 0.3) is 0 Å². The second-order valence-electron chi connectivity index (χ2n) is 6.60. The van der Waals surface area contributed by atoms with E-state index in [4.69, 9.17) is 16.3 Å². The van der Waals surface area contributed by atoms with E-state index in [2.05, 4.69) is 6.07 Å². The Morgan fingerprint density at radius 2 is 1.92 bits per heavy atom. The Balaban J connectivity index is 2.07. The summed E-state index contributed by atoms with van der Waals surface area (Å²) in [5, 5.41) is 9.55. The van der Waals surface area contributed by atoms with E-state index in [1.54, 1.807) is 42.5 Å². The molecule has 1 aliphatic rings. The summed E-state index contributed by atoms with van der Waals surface area (Å²) >= 11 is 6.09. The smallest absolute Gasteiger partial charge is 0.183 e. The van der Waals surface area contributed by atoms with E-state index in [1.807, 2.05) is 19.9 Å². The van der Waals surface area contributed by atoms with Crippen LogP contribution >= 0.6 is 11.6 Å². The molecule has 2 aromatic rings. The summed E-state index contributed by atoms with van der Waals surface area (Å²) in [5.41, 5.74) is 0.621. The standard InChI is InChI=1S/C20H20ClNO3S/c1-3-25-13-20(12-22)18(15-5-4-6-16(21)11-15)19(20)26(23,24)17-9-7-14(2)8-10-17/h4-11,18-19H,3,13H2,1-2H3/t18-,19-,20+/m0/s1. The van der Waals surface area contributed by atoms with Crippen molar-refractivity contribution in [2.45, 2.75) is 29.9 Å². The van der Waals surface area contributed by atoms with Gasteiger partial charge in [-0.1, -0.05) is 41.4 Å². The highest BCUT2D eigenvalue weighted by Crippen LogP contribution is 2.64. The molecule has 2 aromatic carbocycles. The number of aryl methyl sites for hydroxylation is 1. The molecule has 0 spiro atoms. The van der Waals surface area contributed by atoms with Gasteiger partial charge >= 0.3 is 0 Å². The first kappa shape index (κ1) is 18.9. The fourth-order valence-electron chi connectivity index (χ4n) is 3.52. The first-order valence-electron chi connectivity index (χ1n) is 8.42. The molecule has 0 aromatic heterocycles. The maximum atomic E-state index is 13.3. The number of nitriles is 1. The van der Waals surface area contributed by atoms with Crippen LogP contribution in [0.1, 0.15) is 24.0 Å². The fraction of sp³-hybridized carbons (Fsp3) is 0.350. The average Bonchev–Trinajstić information content (AvgIpc) is 3.31. The Morgan fingerprint density at radius 3 is 2.50 bits per heavy atom. The van der Waals surface area contributed by atoms with E-state index in [0.29, 0.717) is 11.6 Å². The molecule has 0 radical (unpaired) electrons. The molecule has 6 heteroatoms. The SMILES string of the molecule is CCOC[C@]1(C#N)[C@@H](c2cccc(Cl)c2)[C@@H]1S(=O)(=O)c1ccc(C)cc1. The molecule has 0 amide bonds. The summed E-state index contributed by atoms with van der Waals surface area (Å²) in [6.45, 7) is 4.22. The summed E-state index contributed by atoms with van der Waals surface area (Å²) < 4.78 is 32.0. The Bertz CT molecular complexity index is 950. The molecule has 26 heavy (non-hydrogen) atoms. The van der Waals surface area contributed by atoms with E-state index in [9.17, 15) is 13.7 Å². The highest BCUT2D eigenvalue weighted by Gasteiger charge is 2.72. The van der Waals surface area contributed by atoms with Crippen molar-refractivity contribution >= 4 is 21.4 Å². The second-order valence-corrected chi connectivity index (χ2v) is 9.11. The number of rotatable bonds is 6. The van der Waals surface area contributed by atoms with Crippen LogP contribution in [0.4, 0.5) is 0 Å². The van der Waals surface area contributed by atoms with Crippen molar-refractivity contribution in [3.05, 3.63) is 64.7 Å². The van der Waals surface area contributed by atoms with Crippen LogP contribution in [-0.2, 0) is 14.6 Å². The molecule has 1 fully saturated rings. The van der Waals surface area contributed by atoms with E-state index in [1.165, 1.54) is 0 Å². The third kappa shape index (κ3) is 3.14. The monoisotopic (exact) mass is 389 g/mol. The lowest BCUT2D eigenvalue weighted by Crippen LogP contribution is -2.19. The van der Waals surface area contributed by atoms with Crippen molar-refractivity contribution in [3.63, 3.8) is 0 Å². The van der Waals surface area contributed by atoms with Crippen molar-refractivity contribution in [3.8, 4) is 6.07 Å². The van der Waals surface area contributed by atoms with E-state index < -0.39 is 26.4 Å². The molecule has 1 aliphatic carbocycles. The van der Waals surface area contributed by atoms with Crippen LogP contribution in [0.5, 0.6) is 0 Å².